The Kier molecular flexibility index (Phi) is 5.17. The van der Waals surface area contributed by atoms with Crippen molar-refractivity contribution >= 4 is 40.3 Å². The van der Waals surface area contributed by atoms with Gasteiger partial charge in [0.15, 0.2) is 6.10 Å². The third kappa shape index (κ3) is 3.55. The number of aliphatic hydroxyl groups is 1. The minimum absolute atomic E-state index is 0.0396. The maximum absolute atomic E-state index is 11.3. The maximum atomic E-state index is 11.3. The van der Waals surface area contributed by atoms with Crippen molar-refractivity contribution in [1.82, 2.24) is 0 Å². The van der Waals surface area contributed by atoms with Crippen LogP contribution in [0.15, 0.2) is 23.1 Å². The van der Waals surface area contributed by atoms with Crippen molar-refractivity contribution in [2.45, 2.75) is 17.4 Å². The lowest BCUT2D eigenvalue weighted by molar-refractivity contribution is -0.147. The SMILES string of the molecule is O=C(CBr)Cc1cccc(C(O)C(=O)O)c1S. The van der Waals surface area contributed by atoms with Crippen LogP contribution in [0.4, 0.5) is 0 Å². The second kappa shape index (κ2) is 6.18. The van der Waals surface area contributed by atoms with E-state index in [2.05, 4.69) is 28.6 Å². The molecule has 1 atom stereocenters. The van der Waals surface area contributed by atoms with Gasteiger partial charge in [0.2, 0.25) is 0 Å². The first kappa shape index (κ1) is 14.2. The number of aliphatic carboxylic acids is 1. The first-order valence-corrected chi connectivity index (χ1v) is 6.33. The van der Waals surface area contributed by atoms with Gasteiger partial charge in [0.25, 0.3) is 0 Å². The van der Waals surface area contributed by atoms with Gasteiger partial charge in [-0.2, -0.15) is 0 Å². The largest absolute Gasteiger partial charge is 0.479 e. The van der Waals surface area contributed by atoms with E-state index in [9.17, 15) is 14.7 Å². The van der Waals surface area contributed by atoms with Crippen molar-refractivity contribution in [3.8, 4) is 0 Å². The van der Waals surface area contributed by atoms with Gasteiger partial charge in [-0.15, -0.1) is 12.6 Å². The number of thiol groups is 1. The van der Waals surface area contributed by atoms with E-state index >= 15 is 0 Å². The summed E-state index contributed by atoms with van der Waals surface area (Å²) in [6.07, 6.45) is -1.47. The lowest BCUT2D eigenvalue weighted by Gasteiger charge is -2.12. The van der Waals surface area contributed by atoms with Crippen molar-refractivity contribution in [3.63, 3.8) is 0 Å². The molecule has 1 aromatic rings. The van der Waals surface area contributed by atoms with Crippen LogP contribution in [0.25, 0.3) is 0 Å². The number of ketones is 1. The summed E-state index contributed by atoms with van der Waals surface area (Å²) in [6.45, 7) is 0. The molecule has 0 aliphatic heterocycles. The fourth-order valence-corrected chi connectivity index (χ4v) is 1.92. The van der Waals surface area contributed by atoms with Crippen LogP contribution in [-0.4, -0.2) is 27.3 Å². The van der Waals surface area contributed by atoms with Crippen LogP contribution in [0.1, 0.15) is 17.2 Å². The van der Waals surface area contributed by atoms with E-state index in [0.717, 1.165) is 0 Å². The zero-order valence-electron chi connectivity index (χ0n) is 8.76. The normalized spacial score (nSPS) is 12.2. The Labute approximate surface area is 112 Å². The molecule has 0 aliphatic rings. The predicted octanol–water partition coefficient (Wildman–Crippen LogP) is 1.60. The lowest BCUT2D eigenvalue weighted by Crippen LogP contribution is -2.13. The third-order valence-corrected chi connectivity index (χ3v) is 3.39. The molecule has 0 amide bonds. The highest BCUT2D eigenvalue weighted by atomic mass is 79.9. The number of alkyl halides is 1. The Hall–Kier alpha value is -0.850. The van der Waals surface area contributed by atoms with Gasteiger partial charge in [-0.25, -0.2) is 4.79 Å². The fourth-order valence-electron chi connectivity index (χ4n) is 1.37. The van der Waals surface area contributed by atoms with Gasteiger partial charge in [0.05, 0.1) is 5.33 Å². The number of hydrogen-bond donors (Lipinski definition) is 3. The molecule has 0 spiro atoms. The van der Waals surface area contributed by atoms with Gasteiger partial charge in [0, 0.05) is 16.9 Å². The van der Waals surface area contributed by atoms with E-state index < -0.39 is 12.1 Å². The van der Waals surface area contributed by atoms with Gasteiger partial charge in [-0.05, 0) is 5.56 Å². The number of hydrogen-bond acceptors (Lipinski definition) is 4. The number of carbonyl (C=O) groups is 2. The highest BCUT2D eigenvalue weighted by Crippen LogP contribution is 2.25. The molecule has 1 aromatic carbocycles. The number of Topliss-reactive ketones (excluding diaryl/α,β-unsaturated/α-hetero) is 1. The van der Waals surface area contributed by atoms with Crippen LogP contribution in [-0.2, 0) is 16.0 Å². The Morgan fingerprint density at radius 3 is 2.59 bits per heavy atom. The molecule has 92 valence electrons. The molecular formula is C11H11BrO4S. The van der Waals surface area contributed by atoms with Crippen LogP contribution >= 0.6 is 28.6 Å². The first-order valence-electron chi connectivity index (χ1n) is 4.76. The lowest BCUT2D eigenvalue weighted by atomic mass is 10.0. The summed E-state index contributed by atoms with van der Waals surface area (Å²) >= 11 is 7.22. The number of halogens is 1. The maximum Gasteiger partial charge on any atom is 0.337 e. The monoisotopic (exact) mass is 318 g/mol. The second-order valence-corrected chi connectivity index (χ2v) is 4.45. The van der Waals surface area contributed by atoms with Crippen molar-refractivity contribution in [3.05, 3.63) is 29.3 Å². The molecule has 6 heteroatoms. The first-order chi connectivity index (χ1) is 7.97. The fraction of sp³-hybridized carbons (Fsp3) is 0.273. The second-order valence-electron chi connectivity index (χ2n) is 3.44. The molecule has 0 heterocycles. The van der Waals surface area contributed by atoms with E-state index in [-0.39, 0.29) is 23.1 Å². The minimum atomic E-state index is -1.62. The molecule has 4 nitrogen and oxygen atoms in total. The zero-order chi connectivity index (χ0) is 13.0. The van der Waals surface area contributed by atoms with Crippen LogP contribution in [0, 0.1) is 0 Å². The molecule has 1 unspecified atom stereocenters. The van der Waals surface area contributed by atoms with E-state index in [1.807, 2.05) is 0 Å². The topological polar surface area (TPSA) is 74.6 Å². The summed E-state index contributed by atoms with van der Waals surface area (Å²) in [7, 11) is 0. The summed E-state index contributed by atoms with van der Waals surface area (Å²) in [5.74, 6) is -1.38. The number of carboxylic acid groups (broad SMARTS) is 1. The van der Waals surface area contributed by atoms with Crippen LogP contribution < -0.4 is 0 Å². The van der Waals surface area contributed by atoms with Gasteiger partial charge < -0.3 is 10.2 Å². The van der Waals surface area contributed by atoms with Crippen molar-refractivity contribution in [1.29, 1.82) is 0 Å². The molecule has 0 saturated carbocycles. The molecule has 1 rings (SSSR count). The summed E-state index contributed by atoms with van der Waals surface area (Å²) < 4.78 is 0. The standard InChI is InChI=1S/C11H11BrO4S/c12-5-7(13)4-6-2-1-3-8(10(6)17)9(14)11(15)16/h1-3,9,14,17H,4-5H2,(H,15,16). The third-order valence-electron chi connectivity index (χ3n) is 2.22. The molecular weight excluding hydrogens is 308 g/mol. The van der Waals surface area contributed by atoms with E-state index in [0.29, 0.717) is 10.5 Å². The Balaban J connectivity index is 3.07. The van der Waals surface area contributed by atoms with Crippen molar-refractivity contribution < 1.29 is 19.8 Å². The highest BCUT2D eigenvalue weighted by Gasteiger charge is 2.20. The van der Waals surface area contributed by atoms with Crippen molar-refractivity contribution in [2.75, 3.05) is 5.33 Å². The van der Waals surface area contributed by atoms with Crippen LogP contribution in [0.2, 0.25) is 0 Å². The number of aliphatic hydroxyl groups excluding tert-OH is 1. The minimum Gasteiger partial charge on any atom is -0.479 e. The summed E-state index contributed by atoms with van der Waals surface area (Å²) in [5, 5.41) is 18.4. The van der Waals surface area contributed by atoms with Crippen LogP contribution in [0.5, 0.6) is 0 Å². The van der Waals surface area contributed by atoms with Gasteiger partial charge >= 0.3 is 5.97 Å². The molecule has 0 saturated heterocycles. The van der Waals surface area contributed by atoms with E-state index in [1.54, 1.807) is 12.1 Å². The van der Waals surface area contributed by atoms with Gasteiger partial charge in [0.1, 0.15) is 5.78 Å². The average Bonchev–Trinajstić information content (AvgIpc) is 2.30. The Morgan fingerprint density at radius 2 is 2.06 bits per heavy atom. The summed E-state index contributed by atoms with van der Waals surface area (Å²) in [6, 6.07) is 4.75. The number of rotatable bonds is 5. The number of carboxylic acids is 1. The quantitative estimate of drug-likeness (QED) is 0.569. The van der Waals surface area contributed by atoms with Crippen molar-refractivity contribution in [2.24, 2.45) is 0 Å². The summed E-state index contributed by atoms with van der Waals surface area (Å²) in [5.41, 5.74) is 0.802. The van der Waals surface area contributed by atoms with E-state index in [4.69, 9.17) is 5.11 Å². The Bertz CT molecular complexity index is 447. The molecule has 0 bridgehead atoms. The molecule has 17 heavy (non-hydrogen) atoms. The molecule has 2 N–H and O–H groups in total. The van der Waals surface area contributed by atoms with Gasteiger partial charge in [-0.3, -0.25) is 4.79 Å². The number of benzene rings is 1. The highest BCUT2D eigenvalue weighted by molar-refractivity contribution is 9.09. The molecule has 0 aromatic heterocycles. The number of carbonyl (C=O) groups excluding carboxylic acids is 1. The average molecular weight is 319 g/mol. The van der Waals surface area contributed by atoms with Crippen LogP contribution in [0.3, 0.4) is 0 Å². The molecule has 0 radical (unpaired) electrons. The van der Waals surface area contributed by atoms with E-state index in [1.165, 1.54) is 6.07 Å². The smallest absolute Gasteiger partial charge is 0.337 e. The molecule has 0 aliphatic carbocycles. The molecule has 0 fully saturated rings. The van der Waals surface area contributed by atoms with Gasteiger partial charge in [-0.1, -0.05) is 34.1 Å². The summed E-state index contributed by atoms with van der Waals surface area (Å²) in [4.78, 5) is 22.3. The predicted molar refractivity (Wildman–Crippen MR) is 68.8 cm³/mol. The zero-order valence-corrected chi connectivity index (χ0v) is 11.2. The Morgan fingerprint density at radius 1 is 1.41 bits per heavy atom.